The molecule has 0 saturated heterocycles. The standard InChI is InChI=1S/C10H12BrFO3/c11-4-9(14)10(15)8-3-7(12)2-1-6(8)5-13/h1-3,9-10,13-15H,4-5H2. The molecule has 0 aliphatic rings. The van der Waals surface area contributed by atoms with Gasteiger partial charge in [-0.2, -0.15) is 0 Å². The fourth-order valence-electron chi connectivity index (χ4n) is 1.28. The number of benzene rings is 1. The van der Waals surface area contributed by atoms with Crippen LogP contribution in [0.15, 0.2) is 18.2 Å². The average Bonchev–Trinajstić information content (AvgIpc) is 2.27. The van der Waals surface area contributed by atoms with Gasteiger partial charge in [-0.3, -0.25) is 0 Å². The van der Waals surface area contributed by atoms with Crippen molar-refractivity contribution >= 4 is 15.9 Å². The number of halogens is 2. The molecule has 15 heavy (non-hydrogen) atoms. The maximum atomic E-state index is 12.9. The van der Waals surface area contributed by atoms with E-state index in [2.05, 4.69) is 15.9 Å². The van der Waals surface area contributed by atoms with Crippen LogP contribution in [0.25, 0.3) is 0 Å². The van der Waals surface area contributed by atoms with Gasteiger partial charge in [-0.15, -0.1) is 0 Å². The lowest BCUT2D eigenvalue weighted by molar-refractivity contribution is 0.0328. The van der Waals surface area contributed by atoms with E-state index in [1.807, 2.05) is 0 Å². The van der Waals surface area contributed by atoms with Crippen molar-refractivity contribution in [2.75, 3.05) is 5.33 Å². The molecule has 84 valence electrons. The second kappa shape index (κ2) is 5.55. The zero-order chi connectivity index (χ0) is 11.4. The highest BCUT2D eigenvalue weighted by Gasteiger charge is 2.20. The molecule has 0 bridgehead atoms. The van der Waals surface area contributed by atoms with E-state index in [9.17, 15) is 14.6 Å². The number of rotatable bonds is 4. The lowest BCUT2D eigenvalue weighted by atomic mass is 9.99. The second-order valence-corrected chi connectivity index (χ2v) is 3.82. The molecular formula is C10H12BrFO3. The molecule has 2 unspecified atom stereocenters. The summed E-state index contributed by atoms with van der Waals surface area (Å²) in [6.07, 6.45) is -2.24. The Balaban J connectivity index is 3.05. The molecular weight excluding hydrogens is 267 g/mol. The highest BCUT2D eigenvalue weighted by molar-refractivity contribution is 9.09. The van der Waals surface area contributed by atoms with E-state index in [0.29, 0.717) is 5.56 Å². The Labute approximate surface area is 95.3 Å². The largest absolute Gasteiger partial charge is 0.392 e. The van der Waals surface area contributed by atoms with Crippen LogP contribution in [-0.4, -0.2) is 26.8 Å². The quantitative estimate of drug-likeness (QED) is 0.723. The molecule has 0 saturated carbocycles. The molecule has 1 aromatic rings. The Morgan fingerprint density at radius 3 is 2.53 bits per heavy atom. The Morgan fingerprint density at radius 2 is 2.00 bits per heavy atom. The van der Waals surface area contributed by atoms with Crippen LogP contribution in [0.5, 0.6) is 0 Å². The van der Waals surface area contributed by atoms with Gasteiger partial charge in [0.25, 0.3) is 0 Å². The van der Waals surface area contributed by atoms with Crippen LogP contribution in [0.2, 0.25) is 0 Å². The van der Waals surface area contributed by atoms with E-state index in [1.165, 1.54) is 12.1 Å². The summed E-state index contributed by atoms with van der Waals surface area (Å²) >= 11 is 3.01. The van der Waals surface area contributed by atoms with Crippen molar-refractivity contribution < 1.29 is 19.7 Å². The summed E-state index contributed by atoms with van der Waals surface area (Å²) in [7, 11) is 0. The summed E-state index contributed by atoms with van der Waals surface area (Å²) in [5, 5.41) is 28.2. The van der Waals surface area contributed by atoms with Gasteiger partial charge in [-0.25, -0.2) is 4.39 Å². The van der Waals surface area contributed by atoms with E-state index in [1.54, 1.807) is 0 Å². The normalized spacial score (nSPS) is 15.0. The zero-order valence-electron chi connectivity index (χ0n) is 7.90. The predicted molar refractivity (Wildman–Crippen MR) is 57.1 cm³/mol. The molecule has 0 radical (unpaired) electrons. The van der Waals surface area contributed by atoms with Crippen molar-refractivity contribution in [3.05, 3.63) is 35.1 Å². The van der Waals surface area contributed by atoms with Gasteiger partial charge >= 0.3 is 0 Å². The van der Waals surface area contributed by atoms with Gasteiger partial charge in [-0.05, 0) is 23.3 Å². The predicted octanol–water partition coefficient (Wildman–Crippen LogP) is 1.11. The second-order valence-electron chi connectivity index (χ2n) is 3.17. The first kappa shape index (κ1) is 12.6. The molecule has 0 fully saturated rings. The lowest BCUT2D eigenvalue weighted by Crippen LogP contribution is -2.21. The van der Waals surface area contributed by atoms with Gasteiger partial charge < -0.3 is 15.3 Å². The molecule has 3 nitrogen and oxygen atoms in total. The van der Waals surface area contributed by atoms with Crippen LogP contribution < -0.4 is 0 Å². The van der Waals surface area contributed by atoms with Gasteiger partial charge in [0.15, 0.2) is 0 Å². The molecule has 5 heteroatoms. The first-order chi connectivity index (χ1) is 7.10. The van der Waals surface area contributed by atoms with Gasteiger partial charge in [0.1, 0.15) is 11.9 Å². The molecule has 0 spiro atoms. The third kappa shape index (κ3) is 2.98. The van der Waals surface area contributed by atoms with Crippen molar-refractivity contribution in [1.29, 1.82) is 0 Å². The fraction of sp³-hybridized carbons (Fsp3) is 0.400. The minimum Gasteiger partial charge on any atom is -0.392 e. The number of alkyl halides is 1. The summed E-state index contributed by atoms with van der Waals surface area (Å²) in [5.41, 5.74) is 0.619. The van der Waals surface area contributed by atoms with E-state index in [4.69, 9.17) is 5.11 Å². The molecule has 0 amide bonds. The summed E-state index contributed by atoms with van der Waals surface area (Å²) in [6, 6.07) is 3.69. The number of aliphatic hydroxyl groups is 3. The van der Waals surface area contributed by atoms with E-state index < -0.39 is 18.0 Å². The third-order valence-corrected chi connectivity index (χ3v) is 2.78. The van der Waals surface area contributed by atoms with Crippen molar-refractivity contribution in [2.24, 2.45) is 0 Å². The highest BCUT2D eigenvalue weighted by Crippen LogP contribution is 2.23. The summed E-state index contributed by atoms with van der Waals surface area (Å²) in [6.45, 7) is -0.304. The fourth-order valence-corrected chi connectivity index (χ4v) is 1.63. The van der Waals surface area contributed by atoms with Crippen LogP contribution in [0, 0.1) is 5.82 Å². The number of aliphatic hydroxyl groups excluding tert-OH is 3. The van der Waals surface area contributed by atoms with Crippen molar-refractivity contribution in [2.45, 2.75) is 18.8 Å². The van der Waals surface area contributed by atoms with Crippen LogP contribution in [-0.2, 0) is 6.61 Å². The molecule has 2 atom stereocenters. The number of hydrogen-bond acceptors (Lipinski definition) is 3. The Kier molecular flexibility index (Phi) is 4.66. The lowest BCUT2D eigenvalue weighted by Gasteiger charge is -2.18. The summed E-state index contributed by atoms with van der Waals surface area (Å²) in [4.78, 5) is 0. The Bertz CT molecular complexity index is 332. The topological polar surface area (TPSA) is 60.7 Å². The zero-order valence-corrected chi connectivity index (χ0v) is 9.48. The molecule has 0 heterocycles. The molecule has 0 aliphatic heterocycles. The SMILES string of the molecule is OCc1ccc(F)cc1C(O)C(O)CBr. The van der Waals surface area contributed by atoms with E-state index >= 15 is 0 Å². The smallest absolute Gasteiger partial charge is 0.123 e. The monoisotopic (exact) mass is 278 g/mol. The van der Waals surface area contributed by atoms with Crippen LogP contribution >= 0.6 is 15.9 Å². The minimum absolute atomic E-state index is 0.176. The highest BCUT2D eigenvalue weighted by atomic mass is 79.9. The van der Waals surface area contributed by atoms with Crippen LogP contribution in [0.4, 0.5) is 4.39 Å². The van der Waals surface area contributed by atoms with Crippen molar-refractivity contribution in [1.82, 2.24) is 0 Å². The molecule has 3 N–H and O–H groups in total. The maximum absolute atomic E-state index is 12.9. The van der Waals surface area contributed by atoms with Gasteiger partial charge in [0.2, 0.25) is 0 Å². The Morgan fingerprint density at radius 1 is 1.33 bits per heavy atom. The van der Waals surface area contributed by atoms with Gasteiger partial charge in [-0.1, -0.05) is 22.0 Å². The Hall–Kier alpha value is -0.490. The number of hydrogen-bond donors (Lipinski definition) is 3. The van der Waals surface area contributed by atoms with E-state index in [-0.39, 0.29) is 17.5 Å². The summed E-state index contributed by atoms with van der Waals surface area (Å²) in [5.74, 6) is -0.511. The third-order valence-electron chi connectivity index (χ3n) is 2.12. The minimum atomic E-state index is -1.21. The van der Waals surface area contributed by atoms with Crippen molar-refractivity contribution in [3.63, 3.8) is 0 Å². The van der Waals surface area contributed by atoms with Crippen LogP contribution in [0.3, 0.4) is 0 Å². The van der Waals surface area contributed by atoms with E-state index in [0.717, 1.165) is 6.07 Å². The first-order valence-electron chi connectivity index (χ1n) is 4.41. The van der Waals surface area contributed by atoms with Crippen molar-refractivity contribution in [3.8, 4) is 0 Å². The van der Waals surface area contributed by atoms with Gasteiger partial charge in [0.05, 0.1) is 12.7 Å². The van der Waals surface area contributed by atoms with Crippen LogP contribution in [0.1, 0.15) is 17.2 Å². The molecule has 0 aromatic heterocycles. The summed E-state index contributed by atoms with van der Waals surface area (Å²) < 4.78 is 12.9. The maximum Gasteiger partial charge on any atom is 0.123 e. The first-order valence-corrected chi connectivity index (χ1v) is 5.53. The average molecular weight is 279 g/mol. The molecule has 1 rings (SSSR count). The van der Waals surface area contributed by atoms with Gasteiger partial charge in [0, 0.05) is 5.33 Å². The molecule has 0 aliphatic carbocycles. The molecule has 1 aromatic carbocycles.